The van der Waals surface area contributed by atoms with Gasteiger partial charge in [-0.15, -0.1) is 0 Å². The molecule has 2 aromatic rings. The third kappa shape index (κ3) is 3.24. The molecular formula is C16H20FN3O. The van der Waals surface area contributed by atoms with Crippen LogP contribution in [0.25, 0.3) is 0 Å². The summed E-state index contributed by atoms with van der Waals surface area (Å²) in [6.07, 6.45) is 0. The van der Waals surface area contributed by atoms with E-state index in [1.807, 2.05) is 31.9 Å². The Labute approximate surface area is 124 Å². The molecule has 1 aromatic carbocycles. The minimum absolute atomic E-state index is 0.156. The van der Waals surface area contributed by atoms with Crippen LogP contribution in [-0.2, 0) is 0 Å². The largest absolute Gasteiger partial charge is 0.476 e. The molecule has 0 amide bonds. The van der Waals surface area contributed by atoms with Gasteiger partial charge in [-0.3, -0.25) is 0 Å². The van der Waals surface area contributed by atoms with Crippen LogP contribution in [0.4, 0.5) is 15.9 Å². The summed E-state index contributed by atoms with van der Waals surface area (Å²) in [5.74, 6) is 0.864. The average molecular weight is 289 g/mol. The number of anilines is 2. The van der Waals surface area contributed by atoms with E-state index in [0.717, 1.165) is 0 Å². The van der Waals surface area contributed by atoms with E-state index in [0.29, 0.717) is 29.6 Å². The Hall–Kier alpha value is -2.30. The van der Waals surface area contributed by atoms with Gasteiger partial charge in [0, 0.05) is 12.6 Å². The lowest BCUT2D eigenvalue weighted by molar-refractivity contribution is 0.329. The minimum Gasteiger partial charge on any atom is -0.476 e. The lowest BCUT2D eigenvalue weighted by Gasteiger charge is -2.27. The van der Waals surface area contributed by atoms with Gasteiger partial charge in [-0.05, 0) is 32.0 Å². The maximum atomic E-state index is 13.9. The maximum absolute atomic E-state index is 13.9. The van der Waals surface area contributed by atoms with E-state index in [1.165, 1.54) is 6.07 Å². The molecule has 2 N–H and O–H groups in total. The summed E-state index contributed by atoms with van der Waals surface area (Å²) in [6, 6.07) is 10.1. The van der Waals surface area contributed by atoms with Crippen LogP contribution in [0.1, 0.15) is 25.5 Å². The molecule has 5 heteroatoms. The fraction of sp³-hybridized carbons (Fsp3) is 0.312. The SMILES string of the molecule is CCOc1nc(N(C)C(C)c2ccccc2F)ccc1N. The van der Waals surface area contributed by atoms with Gasteiger partial charge in [-0.25, -0.2) is 4.39 Å². The van der Waals surface area contributed by atoms with Crippen LogP contribution in [0.5, 0.6) is 5.88 Å². The summed E-state index contributed by atoms with van der Waals surface area (Å²) in [6.45, 7) is 4.30. The van der Waals surface area contributed by atoms with Crippen molar-refractivity contribution in [1.82, 2.24) is 4.98 Å². The van der Waals surface area contributed by atoms with Crippen molar-refractivity contribution in [3.05, 3.63) is 47.8 Å². The molecule has 2 rings (SSSR count). The predicted octanol–water partition coefficient (Wildman–Crippen LogP) is 3.40. The number of aromatic nitrogens is 1. The number of rotatable bonds is 5. The molecule has 1 heterocycles. The van der Waals surface area contributed by atoms with Crippen LogP contribution in [0.2, 0.25) is 0 Å². The Morgan fingerprint density at radius 1 is 1.29 bits per heavy atom. The lowest BCUT2D eigenvalue weighted by Crippen LogP contribution is -2.23. The third-order valence-electron chi connectivity index (χ3n) is 3.45. The molecule has 0 fully saturated rings. The normalized spacial score (nSPS) is 12.0. The molecular weight excluding hydrogens is 269 g/mol. The molecule has 0 spiro atoms. The fourth-order valence-electron chi connectivity index (χ4n) is 2.11. The second kappa shape index (κ2) is 6.43. The predicted molar refractivity (Wildman–Crippen MR) is 83.0 cm³/mol. The monoisotopic (exact) mass is 289 g/mol. The Kier molecular flexibility index (Phi) is 4.62. The zero-order valence-electron chi connectivity index (χ0n) is 12.5. The van der Waals surface area contributed by atoms with Crippen LogP contribution in [0.3, 0.4) is 0 Å². The smallest absolute Gasteiger partial charge is 0.239 e. The van der Waals surface area contributed by atoms with Gasteiger partial charge in [0.1, 0.15) is 11.6 Å². The second-order valence-corrected chi connectivity index (χ2v) is 4.81. The molecule has 1 unspecified atom stereocenters. The summed E-state index contributed by atoms with van der Waals surface area (Å²) in [7, 11) is 1.87. The first-order valence-corrected chi connectivity index (χ1v) is 6.91. The molecule has 21 heavy (non-hydrogen) atoms. The zero-order valence-corrected chi connectivity index (χ0v) is 12.5. The van der Waals surface area contributed by atoms with Crippen molar-refractivity contribution < 1.29 is 9.13 Å². The number of halogens is 1. The Balaban J connectivity index is 2.29. The summed E-state index contributed by atoms with van der Waals surface area (Å²) >= 11 is 0. The molecule has 0 bridgehead atoms. The number of pyridine rings is 1. The van der Waals surface area contributed by atoms with Crippen molar-refractivity contribution in [2.75, 3.05) is 24.3 Å². The van der Waals surface area contributed by atoms with E-state index in [9.17, 15) is 4.39 Å². The molecule has 0 aliphatic rings. The number of nitrogen functional groups attached to an aromatic ring is 1. The minimum atomic E-state index is -0.225. The van der Waals surface area contributed by atoms with Crippen LogP contribution in [-0.4, -0.2) is 18.6 Å². The standard InChI is InChI=1S/C16H20FN3O/c1-4-21-16-14(18)9-10-15(19-16)20(3)11(2)12-7-5-6-8-13(12)17/h5-11H,4,18H2,1-3H3. The Bertz CT molecular complexity index is 618. The van der Waals surface area contributed by atoms with E-state index in [-0.39, 0.29) is 11.9 Å². The summed E-state index contributed by atoms with van der Waals surface area (Å²) in [5.41, 5.74) is 6.94. The second-order valence-electron chi connectivity index (χ2n) is 4.81. The summed E-state index contributed by atoms with van der Waals surface area (Å²) in [5, 5.41) is 0. The van der Waals surface area contributed by atoms with Crippen LogP contribution in [0.15, 0.2) is 36.4 Å². The molecule has 1 aromatic heterocycles. The highest BCUT2D eigenvalue weighted by Crippen LogP contribution is 2.29. The number of hydrogen-bond acceptors (Lipinski definition) is 4. The van der Waals surface area contributed by atoms with Gasteiger partial charge in [0.15, 0.2) is 0 Å². The Morgan fingerprint density at radius 2 is 2.00 bits per heavy atom. The van der Waals surface area contributed by atoms with E-state index in [1.54, 1.807) is 24.3 Å². The first-order valence-electron chi connectivity index (χ1n) is 6.91. The quantitative estimate of drug-likeness (QED) is 0.916. The molecule has 112 valence electrons. The van der Waals surface area contributed by atoms with E-state index < -0.39 is 0 Å². The van der Waals surface area contributed by atoms with Crippen molar-refractivity contribution in [3.63, 3.8) is 0 Å². The number of ether oxygens (including phenoxy) is 1. The topological polar surface area (TPSA) is 51.4 Å². The van der Waals surface area contributed by atoms with Crippen molar-refractivity contribution in [3.8, 4) is 5.88 Å². The van der Waals surface area contributed by atoms with Gasteiger partial charge >= 0.3 is 0 Å². The van der Waals surface area contributed by atoms with Gasteiger partial charge < -0.3 is 15.4 Å². The Morgan fingerprint density at radius 3 is 2.67 bits per heavy atom. The number of benzene rings is 1. The number of nitrogens with zero attached hydrogens (tertiary/aromatic N) is 2. The van der Waals surface area contributed by atoms with Crippen LogP contribution >= 0.6 is 0 Å². The highest BCUT2D eigenvalue weighted by atomic mass is 19.1. The van der Waals surface area contributed by atoms with Crippen molar-refractivity contribution in [2.24, 2.45) is 0 Å². The van der Waals surface area contributed by atoms with Gasteiger partial charge in [-0.2, -0.15) is 4.98 Å². The highest BCUT2D eigenvalue weighted by Gasteiger charge is 2.17. The van der Waals surface area contributed by atoms with Crippen LogP contribution in [0, 0.1) is 5.82 Å². The molecule has 0 aliphatic carbocycles. The number of nitrogens with two attached hydrogens (primary N) is 1. The lowest BCUT2D eigenvalue weighted by atomic mass is 10.1. The van der Waals surface area contributed by atoms with Crippen LogP contribution < -0.4 is 15.4 Å². The van der Waals surface area contributed by atoms with Gasteiger partial charge in [0.25, 0.3) is 0 Å². The molecule has 0 saturated heterocycles. The first-order chi connectivity index (χ1) is 10.0. The van der Waals surface area contributed by atoms with Crippen molar-refractivity contribution in [1.29, 1.82) is 0 Å². The van der Waals surface area contributed by atoms with E-state index in [2.05, 4.69) is 4.98 Å². The summed E-state index contributed by atoms with van der Waals surface area (Å²) in [4.78, 5) is 6.28. The molecule has 0 radical (unpaired) electrons. The van der Waals surface area contributed by atoms with E-state index in [4.69, 9.17) is 10.5 Å². The van der Waals surface area contributed by atoms with Gasteiger partial charge in [0.05, 0.1) is 18.3 Å². The van der Waals surface area contributed by atoms with Crippen molar-refractivity contribution >= 4 is 11.5 Å². The number of hydrogen-bond donors (Lipinski definition) is 1. The highest BCUT2D eigenvalue weighted by molar-refractivity contribution is 5.55. The van der Waals surface area contributed by atoms with E-state index >= 15 is 0 Å². The summed E-state index contributed by atoms with van der Waals surface area (Å²) < 4.78 is 19.3. The zero-order chi connectivity index (χ0) is 15.4. The third-order valence-corrected chi connectivity index (χ3v) is 3.45. The molecule has 1 atom stereocenters. The molecule has 4 nitrogen and oxygen atoms in total. The van der Waals surface area contributed by atoms with Crippen molar-refractivity contribution in [2.45, 2.75) is 19.9 Å². The molecule has 0 saturated carbocycles. The van der Waals surface area contributed by atoms with Gasteiger partial charge in [0.2, 0.25) is 5.88 Å². The van der Waals surface area contributed by atoms with Gasteiger partial charge in [-0.1, -0.05) is 18.2 Å². The fourth-order valence-corrected chi connectivity index (χ4v) is 2.11. The maximum Gasteiger partial charge on any atom is 0.239 e. The molecule has 0 aliphatic heterocycles. The average Bonchev–Trinajstić information content (AvgIpc) is 2.49. The first kappa shape index (κ1) is 15.1.